The molecule has 0 saturated carbocycles. The largest absolute Gasteiger partial charge is 3.00 e. The maximum absolute atomic E-state index is 8.33. The normalized spacial score (nSPS) is 3.43. The molecule has 7 heavy (non-hydrogen) atoms. The summed E-state index contributed by atoms with van der Waals surface area (Å²) in [7, 11) is 0. The Labute approximate surface area is 67.1 Å². The molecule has 0 heterocycles. The van der Waals surface area contributed by atoms with E-state index in [1.807, 2.05) is 0 Å². The first-order chi connectivity index (χ1) is 1.73. The summed E-state index contributed by atoms with van der Waals surface area (Å²) >= 11 is 0. The first-order valence-electron chi connectivity index (χ1n) is 0.612. The summed E-state index contributed by atoms with van der Waals surface area (Å²) in [5.74, 6) is 0. The Bertz CT molecular complexity index is 34.7. The van der Waals surface area contributed by atoms with Crippen molar-refractivity contribution in [2.24, 2.45) is 0 Å². The van der Waals surface area contributed by atoms with E-state index in [9.17, 15) is 0 Å². The predicted molar refractivity (Wildman–Crippen MR) is 13.1 cm³/mol. The quantitative estimate of drug-likeness (QED) is 0.346. The maximum atomic E-state index is 8.33. The summed E-state index contributed by atoms with van der Waals surface area (Å²) in [5, 5.41) is 16.7. The smallest absolute Gasteiger partial charge is 0.870 e. The number of rotatable bonds is 0. The Hall–Kier alpha value is 0.529. The molecule has 35 valence electrons. The van der Waals surface area contributed by atoms with E-state index < -0.39 is 6.16 Å². The second-order valence-electron chi connectivity index (χ2n) is 0.250. The van der Waals surface area contributed by atoms with Crippen LogP contribution in [-0.4, -0.2) is 34.7 Å². The number of hydrogen-bond acceptors (Lipinski definition) is 4. The Balaban J connectivity index is -0.0000000150. The molecule has 0 atom stereocenters. The van der Waals surface area contributed by atoms with Crippen LogP contribution in [0.2, 0.25) is 0 Å². The molecule has 1 radical (unpaired) electrons. The summed E-state index contributed by atoms with van der Waals surface area (Å²) in [6.45, 7) is 0. The molecule has 0 fully saturated rings. The summed E-state index contributed by atoms with van der Waals surface area (Å²) in [4.78, 5) is 8.33. The number of carboxylic acid groups (broad SMARTS) is 2. The van der Waals surface area contributed by atoms with Crippen LogP contribution >= 0.6 is 0 Å². The fourth-order valence-electron chi connectivity index (χ4n) is 0. The molecular weight excluding hydrogens is 152 g/mol. The molecule has 0 unspecified atom stereocenters. The molecule has 0 spiro atoms. The molecule has 0 saturated heterocycles. The van der Waals surface area contributed by atoms with Crippen molar-refractivity contribution >= 4 is 29.2 Å². The molecular formula is CHCrMgO4+2. The molecule has 0 aromatic rings. The first kappa shape index (κ1) is 25.8. The van der Waals surface area contributed by atoms with E-state index in [0.29, 0.717) is 0 Å². The van der Waals surface area contributed by atoms with Crippen molar-refractivity contribution < 1.29 is 37.8 Å². The van der Waals surface area contributed by atoms with Crippen molar-refractivity contribution in [1.29, 1.82) is 0 Å². The van der Waals surface area contributed by atoms with Crippen molar-refractivity contribution in [1.82, 2.24) is 0 Å². The second-order valence-corrected chi connectivity index (χ2v) is 0.250. The fourth-order valence-corrected chi connectivity index (χ4v) is 0. The zero-order valence-corrected chi connectivity index (χ0v) is 5.98. The Kier molecular flexibility index (Phi) is 59.0. The molecule has 0 aliphatic carbocycles. The van der Waals surface area contributed by atoms with Gasteiger partial charge < -0.3 is 20.5 Å². The standard InChI is InChI=1S/CH2O3.Cr.Mg.H2O/c2-1(3)4;;;/h(H2,2,3,4);;;1H2/q;+3;+2;/p-3. The van der Waals surface area contributed by atoms with Gasteiger partial charge in [-0.3, -0.25) is 0 Å². The molecule has 0 aromatic carbocycles. The van der Waals surface area contributed by atoms with Gasteiger partial charge in [0.1, 0.15) is 0 Å². The number of carbonyl (C=O) groups is 1. The Morgan fingerprint density at radius 1 is 1.29 bits per heavy atom. The Morgan fingerprint density at radius 3 is 1.29 bits per heavy atom. The molecule has 6 heteroatoms. The van der Waals surface area contributed by atoms with Gasteiger partial charge in [0, 0.05) is 0 Å². The third-order valence-electron chi connectivity index (χ3n) is 0. The topological polar surface area (TPSA) is 93.2 Å². The van der Waals surface area contributed by atoms with Crippen LogP contribution in [-0.2, 0) is 17.4 Å². The summed E-state index contributed by atoms with van der Waals surface area (Å²) < 4.78 is 0. The van der Waals surface area contributed by atoms with E-state index in [1.165, 1.54) is 0 Å². The Morgan fingerprint density at radius 2 is 1.29 bits per heavy atom. The maximum Gasteiger partial charge on any atom is 3.00 e. The minimum absolute atomic E-state index is 0. The van der Waals surface area contributed by atoms with Crippen LogP contribution in [0, 0.1) is 0 Å². The van der Waals surface area contributed by atoms with Crippen LogP contribution in [0.4, 0.5) is 4.79 Å². The van der Waals surface area contributed by atoms with Crippen molar-refractivity contribution in [3.05, 3.63) is 0 Å². The molecule has 0 bridgehead atoms. The SMILES string of the molecule is O=C([O-])[O-].[Cr+3].[Mg+2].[OH-]. The van der Waals surface area contributed by atoms with Crippen LogP contribution in [0.5, 0.6) is 0 Å². The fraction of sp³-hybridized carbons (Fsp3) is 0. The van der Waals surface area contributed by atoms with Gasteiger partial charge in [-0.2, -0.15) is 0 Å². The minimum atomic E-state index is -2.33. The van der Waals surface area contributed by atoms with Crippen LogP contribution in [0.15, 0.2) is 0 Å². The van der Waals surface area contributed by atoms with E-state index in [4.69, 9.17) is 15.0 Å². The van der Waals surface area contributed by atoms with Crippen LogP contribution in [0.1, 0.15) is 0 Å². The van der Waals surface area contributed by atoms with Gasteiger partial charge >= 0.3 is 40.4 Å². The molecule has 0 aliphatic rings. The average Bonchev–Trinajstić information content (AvgIpc) is 0.811. The molecule has 0 amide bonds. The van der Waals surface area contributed by atoms with Crippen molar-refractivity contribution in [2.75, 3.05) is 0 Å². The van der Waals surface area contributed by atoms with Gasteiger partial charge in [-0.15, -0.1) is 0 Å². The molecule has 1 N–H and O–H groups in total. The van der Waals surface area contributed by atoms with Gasteiger partial charge in [0.15, 0.2) is 0 Å². The summed E-state index contributed by atoms with van der Waals surface area (Å²) in [6, 6.07) is 0. The van der Waals surface area contributed by atoms with Crippen molar-refractivity contribution in [3.8, 4) is 0 Å². The number of carbonyl (C=O) groups excluding carboxylic acids is 1. The van der Waals surface area contributed by atoms with Crippen molar-refractivity contribution in [2.45, 2.75) is 0 Å². The van der Waals surface area contributed by atoms with E-state index >= 15 is 0 Å². The minimum Gasteiger partial charge on any atom is -0.870 e. The van der Waals surface area contributed by atoms with Gasteiger partial charge in [-0.25, -0.2) is 0 Å². The van der Waals surface area contributed by atoms with E-state index in [1.54, 1.807) is 0 Å². The summed E-state index contributed by atoms with van der Waals surface area (Å²) in [5.41, 5.74) is 0. The number of hydrogen-bond donors (Lipinski definition) is 0. The van der Waals surface area contributed by atoms with E-state index in [-0.39, 0.29) is 45.9 Å². The van der Waals surface area contributed by atoms with Gasteiger partial charge in [-0.05, 0) is 6.16 Å². The first-order valence-corrected chi connectivity index (χ1v) is 0.612. The zero-order chi connectivity index (χ0) is 3.58. The third kappa shape index (κ3) is 479. The van der Waals surface area contributed by atoms with Gasteiger partial charge in [-0.1, -0.05) is 0 Å². The molecule has 0 aliphatic heterocycles. The van der Waals surface area contributed by atoms with Crippen LogP contribution in [0.3, 0.4) is 0 Å². The van der Waals surface area contributed by atoms with Gasteiger partial charge in [0.25, 0.3) is 0 Å². The molecule has 0 aromatic heterocycles. The monoisotopic (exact) mass is 153 g/mol. The van der Waals surface area contributed by atoms with Crippen molar-refractivity contribution in [3.63, 3.8) is 0 Å². The second kappa shape index (κ2) is 16.0. The average molecular weight is 153 g/mol. The predicted octanol–water partition coefficient (Wildman–Crippen LogP) is -3.01. The summed E-state index contributed by atoms with van der Waals surface area (Å²) in [6.07, 6.45) is -2.33. The third-order valence-corrected chi connectivity index (χ3v) is 0. The van der Waals surface area contributed by atoms with E-state index in [2.05, 4.69) is 0 Å². The van der Waals surface area contributed by atoms with Crippen LogP contribution in [0.25, 0.3) is 0 Å². The van der Waals surface area contributed by atoms with Crippen LogP contribution < -0.4 is 10.2 Å². The van der Waals surface area contributed by atoms with E-state index in [0.717, 1.165) is 0 Å². The zero-order valence-electron chi connectivity index (χ0n) is 3.29. The van der Waals surface area contributed by atoms with Gasteiger partial charge in [0.2, 0.25) is 0 Å². The molecule has 0 rings (SSSR count). The molecule has 4 nitrogen and oxygen atoms in total. The van der Waals surface area contributed by atoms with Gasteiger partial charge in [0.05, 0.1) is 0 Å².